The van der Waals surface area contributed by atoms with Crippen molar-refractivity contribution in [2.24, 2.45) is 0 Å². The van der Waals surface area contributed by atoms with Gasteiger partial charge in [-0.25, -0.2) is 0 Å². The molecule has 0 fully saturated rings. The summed E-state index contributed by atoms with van der Waals surface area (Å²) in [5.74, 6) is 0.400. The minimum absolute atomic E-state index is 0.364. The van der Waals surface area contributed by atoms with E-state index < -0.39 is 11.8 Å². The van der Waals surface area contributed by atoms with Crippen molar-refractivity contribution in [3.05, 3.63) is 59.9 Å². The molecule has 0 radical (unpaired) electrons. The highest BCUT2D eigenvalue weighted by atomic mass is 16.5. The molecule has 1 aliphatic heterocycles. The van der Waals surface area contributed by atoms with Gasteiger partial charge in [0.25, 0.3) is 11.8 Å². The minimum Gasteiger partial charge on any atom is -0.493 e. The average Bonchev–Trinajstić information content (AvgIpc) is 3.51. The molecule has 4 aromatic rings. The van der Waals surface area contributed by atoms with Crippen LogP contribution < -0.4 is 14.8 Å². The Balaban J connectivity index is 1.77. The predicted octanol–water partition coefficient (Wildman–Crippen LogP) is 3.66. The second-order valence-electron chi connectivity index (χ2n) is 8.87. The standard InChI is InChI=1S/C27H28N4O4/c1-30(2)12-7-13-31-15-19(17-10-11-21(34-3)25(35-4)24(17)31)23-22(26(32)29-27(23)33)18-14-28-20-9-6-5-8-16(18)20/h5-6,8-11,14-15,28H,7,12-13H2,1-4H3,(H,29,32,33). The van der Waals surface area contributed by atoms with Gasteiger partial charge in [0.05, 0.1) is 30.9 Å². The van der Waals surface area contributed by atoms with Gasteiger partial charge in [0.1, 0.15) is 0 Å². The zero-order valence-electron chi connectivity index (χ0n) is 20.3. The molecule has 3 heterocycles. The van der Waals surface area contributed by atoms with Crippen LogP contribution in [0.1, 0.15) is 17.5 Å². The van der Waals surface area contributed by atoms with Gasteiger partial charge in [-0.2, -0.15) is 0 Å². The van der Waals surface area contributed by atoms with Gasteiger partial charge in [-0.15, -0.1) is 0 Å². The Bertz CT molecular complexity index is 1490. The number of carbonyl (C=O) groups excluding carboxylic acids is 2. The molecule has 2 amide bonds. The number of H-pyrrole nitrogens is 1. The normalized spacial score (nSPS) is 14.0. The number of methoxy groups -OCH3 is 2. The first-order valence-electron chi connectivity index (χ1n) is 11.5. The van der Waals surface area contributed by atoms with Crippen LogP contribution in [0.5, 0.6) is 11.5 Å². The van der Waals surface area contributed by atoms with Crippen molar-refractivity contribution in [2.75, 3.05) is 34.9 Å². The van der Waals surface area contributed by atoms with E-state index in [1.54, 1.807) is 20.4 Å². The van der Waals surface area contributed by atoms with Crippen LogP contribution in [0.3, 0.4) is 0 Å². The maximum Gasteiger partial charge on any atom is 0.259 e. The van der Waals surface area contributed by atoms with E-state index in [-0.39, 0.29) is 0 Å². The number of nitrogens with zero attached hydrogens (tertiary/aromatic N) is 2. The summed E-state index contributed by atoms with van der Waals surface area (Å²) in [5.41, 5.74) is 3.86. The first-order chi connectivity index (χ1) is 16.9. The number of aromatic amines is 1. The summed E-state index contributed by atoms with van der Waals surface area (Å²) in [7, 11) is 7.28. The first-order valence-corrected chi connectivity index (χ1v) is 11.5. The fourth-order valence-corrected chi connectivity index (χ4v) is 4.88. The van der Waals surface area contributed by atoms with E-state index in [9.17, 15) is 9.59 Å². The number of benzene rings is 2. The number of rotatable bonds is 8. The van der Waals surface area contributed by atoms with Crippen molar-refractivity contribution < 1.29 is 19.1 Å². The van der Waals surface area contributed by atoms with Crippen LogP contribution in [0, 0.1) is 0 Å². The molecule has 0 saturated carbocycles. The van der Waals surface area contributed by atoms with Crippen molar-refractivity contribution in [2.45, 2.75) is 13.0 Å². The maximum absolute atomic E-state index is 13.2. The maximum atomic E-state index is 13.2. The van der Waals surface area contributed by atoms with Gasteiger partial charge in [-0.3, -0.25) is 14.9 Å². The molecule has 8 heteroatoms. The summed E-state index contributed by atoms with van der Waals surface area (Å²) < 4.78 is 13.4. The third-order valence-electron chi connectivity index (χ3n) is 6.45. The van der Waals surface area contributed by atoms with Crippen molar-refractivity contribution in [3.8, 4) is 11.5 Å². The quantitative estimate of drug-likeness (QED) is 0.382. The third kappa shape index (κ3) is 3.76. The molecule has 8 nitrogen and oxygen atoms in total. The van der Waals surface area contributed by atoms with Gasteiger partial charge < -0.3 is 23.9 Å². The third-order valence-corrected chi connectivity index (χ3v) is 6.45. The highest BCUT2D eigenvalue weighted by molar-refractivity contribution is 6.50. The molecule has 0 atom stereocenters. The molecule has 5 rings (SSSR count). The van der Waals surface area contributed by atoms with E-state index in [2.05, 4.69) is 19.8 Å². The van der Waals surface area contributed by atoms with Crippen molar-refractivity contribution >= 4 is 44.8 Å². The Morgan fingerprint density at radius 3 is 2.37 bits per heavy atom. The summed E-state index contributed by atoms with van der Waals surface area (Å²) in [6.45, 7) is 1.62. The molecule has 0 spiro atoms. The van der Waals surface area contributed by atoms with E-state index in [4.69, 9.17) is 9.47 Å². The van der Waals surface area contributed by atoms with Crippen LogP contribution in [-0.4, -0.2) is 61.1 Å². The number of aryl methyl sites for hydroxylation is 1. The van der Waals surface area contributed by atoms with E-state index in [0.717, 1.165) is 34.8 Å². The smallest absolute Gasteiger partial charge is 0.259 e. The van der Waals surface area contributed by atoms with Gasteiger partial charge in [-0.05, 0) is 45.3 Å². The van der Waals surface area contributed by atoms with Gasteiger partial charge in [0.15, 0.2) is 11.5 Å². The lowest BCUT2D eigenvalue weighted by molar-refractivity contribution is -0.122. The molecule has 2 aromatic carbocycles. The average molecular weight is 473 g/mol. The number of amides is 2. The number of fused-ring (bicyclic) bond motifs is 2. The van der Waals surface area contributed by atoms with Crippen molar-refractivity contribution in [1.29, 1.82) is 0 Å². The van der Waals surface area contributed by atoms with E-state index in [1.165, 1.54) is 0 Å². The number of aromatic nitrogens is 2. The molecule has 1 aliphatic rings. The Kier molecular flexibility index (Phi) is 5.82. The number of nitrogens with one attached hydrogen (secondary N) is 2. The van der Waals surface area contributed by atoms with Crippen LogP contribution in [-0.2, 0) is 16.1 Å². The van der Waals surface area contributed by atoms with Gasteiger partial charge in [-0.1, -0.05) is 18.2 Å². The highest BCUT2D eigenvalue weighted by Crippen LogP contribution is 2.43. The fourth-order valence-electron chi connectivity index (χ4n) is 4.88. The van der Waals surface area contributed by atoms with Gasteiger partial charge in [0, 0.05) is 46.4 Å². The number of carbonyl (C=O) groups is 2. The van der Waals surface area contributed by atoms with Crippen LogP contribution in [0.2, 0.25) is 0 Å². The van der Waals surface area contributed by atoms with E-state index >= 15 is 0 Å². The molecule has 0 aliphatic carbocycles. The molecule has 180 valence electrons. The summed E-state index contributed by atoms with van der Waals surface area (Å²) in [6, 6.07) is 11.5. The van der Waals surface area contributed by atoms with Crippen LogP contribution in [0.15, 0.2) is 48.8 Å². The number of ether oxygens (including phenoxy) is 2. The molecule has 2 N–H and O–H groups in total. The monoisotopic (exact) mass is 472 g/mol. The van der Waals surface area contributed by atoms with Crippen LogP contribution >= 0.6 is 0 Å². The minimum atomic E-state index is -0.405. The number of para-hydroxylation sites is 1. The second-order valence-corrected chi connectivity index (χ2v) is 8.87. The number of hydrogen-bond acceptors (Lipinski definition) is 5. The predicted molar refractivity (Wildman–Crippen MR) is 136 cm³/mol. The summed E-state index contributed by atoms with van der Waals surface area (Å²) in [5, 5.41) is 4.23. The lowest BCUT2D eigenvalue weighted by Crippen LogP contribution is -2.22. The molecule has 2 aromatic heterocycles. The molecular formula is C27H28N4O4. The zero-order valence-corrected chi connectivity index (χ0v) is 20.3. The van der Waals surface area contributed by atoms with E-state index in [0.29, 0.717) is 40.3 Å². The lowest BCUT2D eigenvalue weighted by Gasteiger charge is -2.13. The molecule has 0 saturated heterocycles. The molecular weight excluding hydrogens is 444 g/mol. The SMILES string of the molecule is COc1ccc2c(C3=C(c4c[nH]c5ccccc45)C(=O)NC3=O)cn(CCCN(C)C)c2c1OC. The summed E-state index contributed by atoms with van der Waals surface area (Å²) in [6.07, 6.45) is 4.64. The second kappa shape index (κ2) is 8.96. The van der Waals surface area contributed by atoms with Crippen LogP contribution in [0.25, 0.3) is 33.0 Å². The molecule has 35 heavy (non-hydrogen) atoms. The summed E-state index contributed by atoms with van der Waals surface area (Å²) in [4.78, 5) is 31.6. The van der Waals surface area contributed by atoms with Crippen LogP contribution in [0.4, 0.5) is 0 Å². The fraction of sp³-hybridized carbons (Fsp3) is 0.259. The Morgan fingerprint density at radius 1 is 0.914 bits per heavy atom. The molecule has 0 bridgehead atoms. The van der Waals surface area contributed by atoms with Gasteiger partial charge >= 0.3 is 0 Å². The Labute approximate surface area is 203 Å². The van der Waals surface area contributed by atoms with E-state index in [1.807, 2.05) is 56.7 Å². The highest BCUT2D eigenvalue weighted by Gasteiger charge is 2.35. The zero-order chi connectivity index (χ0) is 24.7. The largest absolute Gasteiger partial charge is 0.493 e. The first kappa shape index (κ1) is 22.7. The van der Waals surface area contributed by atoms with Crippen molar-refractivity contribution in [1.82, 2.24) is 19.8 Å². The van der Waals surface area contributed by atoms with Crippen molar-refractivity contribution in [3.63, 3.8) is 0 Å². The molecule has 0 unspecified atom stereocenters. The Morgan fingerprint density at radius 2 is 1.66 bits per heavy atom. The summed E-state index contributed by atoms with van der Waals surface area (Å²) >= 11 is 0. The number of imide groups is 1. The van der Waals surface area contributed by atoms with Gasteiger partial charge in [0.2, 0.25) is 0 Å². The lowest BCUT2D eigenvalue weighted by atomic mass is 9.95. The number of hydrogen-bond donors (Lipinski definition) is 2. The Hall–Kier alpha value is -4.04. The topological polar surface area (TPSA) is 88.6 Å².